The monoisotopic (exact) mass is 475 g/mol. The summed E-state index contributed by atoms with van der Waals surface area (Å²) in [4.78, 5) is 32.6. The van der Waals surface area contributed by atoms with Crippen molar-refractivity contribution < 1.29 is 23.5 Å². The molecule has 2 aromatic rings. The Balaban J connectivity index is 1.42. The van der Waals surface area contributed by atoms with Crippen LogP contribution in [0.1, 0.15) is 23.4 Å². The number of hydrogen-bond acceptors (Lipinski definition) is 6. The third kappa shape index (κ3) is 6.10. The van der Waals surface area contributed by atoms with Crippen LogP contribution in [0.2, 0.25) is 0 Å². The summed E-state index contributed by atoms with van der Waals surface area (Å²) < 4.78 is 24.5. The van der Waals surface area contributed by atoms with Gasteiger partial charge in [-0.2, -0.15) is 0 Å². The van der Waals surface area contributed by atoms with Crippen LogP contribution in [0, 0.1) is 5.82 Å². The predicted molar refractivity (Wildman–Crippen MR) is 124 cm³/mol. The van der Waals surface area contributed by atoms with E-state index in [0.29, 0.717) is 32.1 Å². The average molecular weight is 476 g/mol. The third-order valence-electron chi connectivity index (χ3n) is 6.20. The van der Waals surface area contributed by atoms with E-state index >= 15 is 0 Å². The van der Waals surface area contributed by atoms with Crippen molar-refractivity contribution in [1.82, 2.24) is 14.7 Å². The van der Waals surface area contributed by atoms with Crippen molar-refractivity contribution in [3.63, 3.8) is 0 Å². The number of nitrogens with zero attached hydrogens (tertiary/aromatic N) is 3. The van der Waals surface area contributed by atoms with E-state index in [1.54, 1.807) is 28.4 Å². The molecular weight excluding hydrogens is 445 g/mol. The number of hydrogen-bond donors (Lipinski definition) is 0. The summed E-state index contributed by atoms with van der Waals surface area (Å²) in [5.74, 6) is 0.0426. The average Bonchev–Trinajstić information content (AvgIpc) is 3.30. The maximum Gasteiger partial charge on any atom is 0.242 e. The van der Waals surface area contributed by atoms with Gasteiger partial charge in [0.25, 0.3) is 0 Å². The van der Waals surface area contributed by atoms with Crippen LogP contribution in [-0.2, 0) is 20.7 Å². The Kier molecular flexibility index (Phi) is 7.95. The fraction of sp³-hybridized carbons (Fsp3) is 0.500. The summed E-state index contributed by atoms with van der Waals surface area (Å²) in [6, 6.07) is 7.68. The number of thiophene rings is 1. The topological polar surface area (TPSA) is 62.3 Å². The molecule has 0 bridgehead atoms. The van der Waals surface area contributed by atoms with Crippen molar-refractivity contribution in [1.29, 1.82) is 0 Å². The van der Waals surface area contributed by atoms with Gasteiger partial charge in [-0.3, -0.25) is 14.5 Å². The molecule has 7 nitrogen and oxygen atoms in total. The molecule has 1 saturated heterocycles. The lowest BCUT2D eigenvalue weighted by Gasteiger charge is -2.37. The molecule has 2 amide bonds. The molecule has 2 aliphatic rings. The Morgan fingerprint density at radius 3 is 2.67 bits per heavy atom. The van der Waals surface area contributed by atoms with Crippen LogP contribution < -0.4 is 4.74 Å². The molecule has 4 rings (SSSR count). The van der Waals surface area contributed by atoms with Crippen LogP contribution in [0.5, 0.6) is 5.75 Å². The summed E-state index contributed by atoms with van der Waals surface area (Å²) in [5.41, 5.74) is 1.09. The van der Waals surface area contributed by atoms with Crippen molar-refractivity contribution in [3.05, 3.63) is 52.0 Å². The summed E-state index contributed by atoms with van der Waals surface area (Å²) >= 11 is 1.69. The molecular formula is C24H30FN3O4S. The zero-order chi connectivity index (χ0) is 23.2. The van der Waals surface area contributed by atoms with Gasteiger partial charge in [0.05, 0.1) is 25.8 Å². The highest BCUT2D eigenvalue weighted by molar-refractivity contribution is 7.10. The summed E-state index contributed by atoms with van der Waals surface area (Å²) in [5, 5.41) is 2.04. The van der Waals surface area contributed by atoms with E-state index in [1.165, 1.54) is 23.9 Å². The molecule has 1 fully saturated rings. The normalized spacial score (nSPS) is 18.6. The van der Waals surface area contributed by atoms with E-state index < -0.39 is 0 Å². The SMILES string of the molecule is CC(=O)N(CCN1CCOCC1)CC(=O)N1CCc2sccc2C1COc1ccc(F)cc1. The van der Waals surface area contributed by atoms with Crippen LogP contribution in [0.15, 0.2) is 35.7 Å². The maximum atomic E-state index is 13.4. The first-order valence-electron chi connectivity index (χ1n) is 11.3. The molecule has 33 heavy (non-hydrogen) atoms. The predicted octanol–water partition coefficient (Wildman–Crippen LogP) is 2.57. The summed E-state index contributed by atoms with van der Waals surface area (Å²) in [6.07, 6.45) is 0.791. The standard InChI is InChI=1S/C24H30FN3O4S/c1-18(29)27(10-9-26-11-13-31-14-12-26)16-24(30)28-8-6-23-21(7-15-33-23)22(28)17-32-20-4-2-19(25)3-5-20/h2-5,7,15,22H,6,8-14,16-17H2,1H3. The van der Waals surface area contributed by atoms with E-state index in [1.807, 2.05) is 16.3 Å². The lowest BCUT2D eigenvalue weighted by Crippen LogP contribution is -2.49. The van der Waals surface area contributed by atoms with Crippen molar-refractivity contribution in [2.24, 2.45) is 0 Å². The number of benzene rings is 1. The number of rotatable bonds is 8. The Morgan fingerprint density at radius 1 is 1.18 bits per heavy atom. The molecule has 1 aromatic heterocycles. The van der Waals surface area contributed by atoms with Crippen molar-refractivity contribution in [2.45, 2.75) is 19.4 Å². The van der Waals surface area contributed by atoms with Gasteiger partial charge in [0.15, 0.2) is 0 Å². The van der Waals surface area contributed by atoms with Crippen LogP contribution in [0.4, 0.5) is 4.39 Å². The Hall–Kier alpha value is -2.49. The summed E-state index contributed by atoms with van der Waals surface area (Å²) in [6.45, 7) is 6.73. The van der Waals surface area contributed by atoms with E-state index in [9.17, 15) is 14.0 Å². The number of ether oxygens (including phenoxy) is 2. The van der Waals surface area contributed by atoms with Gasteiger partial charge in [-0.25, -0.2) is 4.39 Å². The molecule has 1 aromatic carbocycles. The number of carbonyl (C=O) groups is 2. The number of halogens is 1. The lowest BCUT2D eigenvalue weighted by molar-refractivity contribution is -0.142. The van der Waals surface area contributed by atoms with Gasteiger partial charge in [-0.1, -0.05) is 0 Å². The molecule has 2 aliphatic heterocycles. The molecule has 0 spiro atoms. The van der Waals surface area contributed by atoms with Gasteiger partial charge in [0.1, 0.15) is 18.2 Å². The maximum absolute atomic E-state index is 13.4. The first-order chi connectivity index (χ1) is 16.0. The molecule has 0 aliphatic carbocycles. The van der Waals surface area contributed by atoms with Crippen LogP contribution in [0.3, 0.4) is 0 Å². The van der Waals surface area contributed by atoms with E-state index in [0.717, 1.165) is 31.6 Å². The van der Waals surface area contributed by atoms with E-state index in [2.05, 4.69) is 4.90 Å². The Labute approximate surface area is 197 Å². The van der Waals surface area contributed by atoms with Gasteiger partial charge < -0.3 is 19.3 Å². The largest absolute Gasteiger partial charge is 0.491 e. The number of fused-ring (bicyclic) bond motifs is 1. The fourth-order valence-electron chi connectivity index (χ4n) is 4.27. The van der Waals surface area contributed by atoms with Crippen LogP contribution in [-0.4, -0.2) is 85.6 Å². The number of morpholine rings is 1. The second-order valence-corrected chi connectivity index (χ2v) is 9.31. The van der Waals surface area contributed by atoms with Gasteiger partial charge in [0, 0.05) is 44.5 Å². The van der Waals surface area contributed by atoms with Gasteiger partial charge in [-0.05, 0) is 47.7 Å². The molecule has 1 atom stereocenters. The molecule has 0 saturated carbocycles. The highest BCUT2D eigenvalue weighted by Gasteiger charge is 2.33. The number of amides is 2. The highest BCUT2D eigenvalue weighted by Crippen LogP contribution is 2.34. The number of carbonyl (C=O) groups excluding carboxylic acids is 2. The minimum Gasteiger partial charge on any atom is -0.491 e. The zero-order valence-corrected chi connectivity index (χ0v) is 19.7. The molecule has 3 heterocycles. The third-order valence-corrected chi connectivity index (χ3v) is 7.19. The van der Waals surface area contributed by atoms with Gasteiger partial charge >= 0.3 is 0 Å². The Morgan fingerprint density at radius 2 is 1.94 bits per heavy atom. The molecule has 0 radical (unpaired) electrons. The first-order valence-corrected chi connectivity index (χ1v) is 12.2. The molecule has 1 unspecified atom stereocenters. The molecule has 0 N–H and O–H groups in total. The van der Waals surface area contributed by atoms with Gasteiger partial charge in [-0.15, -0.1) is 11.3 Å². The second-order valence-electron chi connectivity index (χ2n) is 8.31. The lowest BCUT2D eigenvalue weighted by atomic mass is 10.0. The minimum atomic E-state index is -0.321. The zero-order valence-electron chi connectivity index (χ0n) is 18.9. The minimum absolute atomic E-state index is 0.0478. The van der Waals surface area contributed by atoms with Gasteiger partial charge in [0.2, 0.25) is 11.8 Å². The summed E-state index contributed by atoms with van der Waals surface area (Å²) in [7, 11) is 0. The molecule has 178 valence electrons. The first kappa shape index (κ1) is 23.7. The fourth-order valence-corrected chi connectivity index (χ4v) is 5.20. The quantitative estimate of drug-likeness (QED) is 0.587. The Bertz CT molecular complexity index is 945. The smallest absolute Gasteiger partial charge is 0.242 e. The molecule has 9 heteroatoms. The van der Waals surface area contributed by atoms with Crippen LogP contribution in [0.25, 0.3) is 0 Å². The van der Waals surface area contributed by atoms with Crippen molar-refractivity contribution in [2.75, 3.05) is 59.1 Å². The highest BCUT2D eigenvalue weighted by atomic mass is 32.1. The van der Waals surface area contributed by atoms with Crippen molar-refractivity contribution >= 4 is 23.2 Å². The van der Waals surface area contributed by atoms with Crippen molar-refractivity contribution in [3.8, 4) is 5.75 Å². The second kappa shape index (κ2) is 11.1. The van der Waals surface area contributed by atoms with E-state index in [-0.39, 0.29) is 36.8 Å². The van der Waals surface area contributed by atoms with Crippen LogP contribution >= 0.6 is 11.3 Å². The van der Waals surface area contributed by atoms with E-state index in [4.69, 9.17) is 9.47 Å².